The summed E-state index contributed by atoms with van der Waals surface area (Å²) in [5.41, 5.74) is 2.08. The molecule has 118 valence electrons. The quantitative estimate of drug-likeness (QED) is 0.615. The molecule has 3 rings (SSSR count). The maximum absolute atomic E-state index is 5.35. The van der Waals surface area contributed by atoms with Gasteiger partial charge in [-0.25, -0.2) is 9.97 Å². The lowest BCUT2D eigenvalue weighted by Crippen LogP contribution is -1.90. The third-order valence-corrected chi connectivity index (χ3v) is 5.11. The molecule has 0 bridgehead atoms. The predicted octanol–water partition coefficient (Wildman–Crippen LogP) is 4.51. The first-order valence-corrected chi connectivity index (χ1v) is 8.87. The highest BCUT2D eigenvalue weighted by Gasteiger charge is 2.10. The van der Waals surface area contributed by atoms with Gasteiger partial charge in [-0.3, -0.25) is 0 Å². The molecule has 0 fully saturated rings. The first-order valence-electron chi connectivity index (χ1n) is 7.01. The number of pyridine rings is 1. The summed E-state index contributed by atoms with van der Waals surface area (Å²) in [4.78, 5) is 9.01. The minimum absolute atomic E-state index is 0.713. The molecular formula is C17H16N2O2S2. The van der Waals surface area contributed by atoms with Crippen LogP contribution in [0, 0.1) is 0 Å². The fourth-order valence-electron chi connectivity index (χ4n) is 2.06. The highest BCUT2D eigenvalue weighted by molar-refractivity contribution is 7.98. The molecule has 0 radical (unpaired) electrons. The third-order valence-electron chi connectivity index (χ3n) is 3.19. The Hall–Kier alpha value is -2.05. The van der Waals surface area contributed by atoms with Crippen LogP contribution in [-0.2, 0) is 5.75 Å². The van der Waals surface area contributed by atoms with E-state index in [0.29, 0.717) is 5.75 Å². The molecule has 0 amide bonds. The van der Waals surface area contributed by atoms with Gasteiger partial charge in [0.15, 0.2) is 11.5 Å². The maximum atomic E-state index is 5.35. The summed E-state index contributed by atoms with van der Waals surface area (Å²) < 4.78 is 10.6. The summed E-state index contributed by atoms with van der Waals surface area (Å²) in [5, 5.41) is 4.07. The van der Waals surface area contributed by atoms with Crippen LogP contribution in [0.5, 0.6) is 11.5 Å². The fraction of sp³-hybridized carbons (Fsp3) is 0.176. The van der Waals surface area contributed by atoms with Gasteiger partial charge in [0.05, 0.1) is 24.9 Å². The van der Waals surface area contributed by atoms with E-state index in [-0.39, 0.29) is 0 Å². The van der Waals surface area contributed by atoms with Crippen molar-refractivity contribution < 1.29 is 9.47 Å². The van der Waals surface area contributed by atoms with Crippen molar-refractivity contribution in [3.05, 3.63) is 53.7 Å². The average Bonchev–Trinajstić information content (AvgIpc) is 3.09. The van der Waals surface area contributed by atoms with Crippen molar-refractivity contribution in [2.24, 2.45) is 0 Å². The molecule has 0 saturated carbocycles. The van der Waals surface area contributed by atoms with Gasteiger partial charge in [0, 0.05) is 22.9 Å². The minimum atomic E-state index is 0.713. The van der Waals surface area contributed by atoms with Gasteiger partial charge < -0.3 is 9.47 Å². The lowest BCUT2D eigenvalue weighted by atomic mass is 10.2. The number of nitrogens with zero attached hydrogens (tertiary/aromatic N) is 2. The highest BCUT2D eigenvalue weighted by atomic mass is 32.2. The number of methoxy groups -OCH3 is 2. The van der Waals surface area contributed by atoms with Crippen LogP contribution in [0.1, 0.15) is 5.69 Å². The SMILES string of the molecule is COc1ccc(-c2nc(CSc3ccccn3)cs2)cc1OC. The largest absolute Gasteiger partial charge is 0.493 e. The lowest BCUT2D eigenvalue weighted by molar-refractivity contribution is 0.355. The van der Waals surface area contributed by atoms with Gasteiger partial charge in [-0.05, 0) is 30.3 Å². The topological polar surface area (TPSA) is 44.2 Å². The molecule has 4 nitrogen and oxygen atoms in total. The van der Waals surface area contributed by atoms with Crippen molar-refractivity contribution >= 4 is 23.1 Å². The fourth-order valence-corrected chi connectivity index (χ4v) is 3.73. The Bertz CT molecular complexity index is 775. The van der Waals surface area contributed by atoms with Gasteiger partial charge >= 0.3 is 0 Å². The van der Waals surface area contributed by atoms with Crippen LogP contribution in [0.3, 0.4) is 0 Å². The molecule has 3 aromatic rings. The van der Waals surface area contributed by atoms with E-state index in [1.54, 1.807) is 43.5 Å². The number of thiazole rings is 1. The number of benzene rings is 1. The number of hydrogen-bond acceptors (Lipinski definition) is 6. The zero-order valence-corrected chi connectivity index (χ0v) is 14.5. The molecule has 2 heterocycles. The summed E-state index contributed by atoms with van der Waals surface area (Å²) in [5.74, 6) is 2.24. The van der Waals surface area contributed by atoms with Crippen molar-refractivity contribution in [3.8, 4) is 22.1 Å². The second-order valence-electron chi connectivity index (χ2n) is 4.67. The maximum Gasteiger partial charge on any atom is 0.161 e. The summed E-state index contributed by atoms with van der Waals surface area (Å²) in [6.07, 6.45) is 1.80. The molecule has 0 saturated heterocycles. The van der Waals surface area contributed by atoms with Crippen LogP contribution < -0.4 is 9.47 Å². The van der Waals surface area contributed by atoms with Gasteiger partial charge in [-0.2, -0.15) is 0 Å². The molecule has 0 unspecified atom stereocenters. The molecule has 0 spiro atoms. The van der Waals surface area contributed by atoms with Gasteiger partial charge in [0.2, 0.25) is 0 Å². The zero-order chi connectivity index (χ0) is 16.1. The Morgan fingerprint density at radius 3 is 2.70 bits per heavy atom. The van der Waals surface area contributed by atoms with Crippen molar-refractivity contribution in [1.82, 2.24) is 9.97 Å². The van der Waals surface area contributed by atoms with Crippen LogP contribution >= 0.6 is 23.1 Å². The molecule has 6 heteroatoms. The average molecular weight is 344 g/mol. The number of aromatic nitrogens is 2. The second-order valence-corrected chi connectivity index (χ2v) is 6.52. The Morgan fingerprint density at radius 1 is 1.09 bits per heavy atom. The Morgan fingerprint density at radius 2 is 1.96 bits per heavy atom. The molecule has 23 heavy (non-hydrogen) atoms. The van der Waals surface area contributed by atoms with E-state index in [9.17, 15) is 0 Å². The van der Waals surface area contributed by atoms with E-state index in [2.05, 4.69) is 10.4 Å². The van der Waals surface area contributed by atoms with Gasteiger partial charge in [-0.15, -0.1) is 23.1 Å². The van der Waals surface area contributed by atoms with E-state index < -0.39 is 0 Å². The summed E-state index contributed by atoms with van der Waals surface area (Å²) in [7, 11) is 3.27. The molecule has 0 aliphatic rings. The smallest absolute Gasteiger partial charge is 0.161 e. The summed E-state index contributed by atoms with van der Waals surface area (Å²) >= 11 is 3.31. The van der Waals surface area contributed by atoms with Crippen LogP contribution in [0.15, 0.2) is 53.0 Å². The molecule has 0 atom stereocenters. The van der Waals surface area contributed by atoms with Crippen molar-refractivity contribution in [2.75, 3.05) is 14.2 Å². The Labute approximate surface area is 143 Å². The van der Waals surface area contributed by atoms with Crippen LogP contribution in [0.2, 0.25) is 0 Å². The monoisotopic (exact) mass is 344 g/mol. The lowest BCUT2D eigenvalue weighted by Gasteiger charge is -2.08. The zero-order valence-electron chi connectivity index (χ0n) is 12.9. The number of ether oxygens (including phenoxy) is 2. The van der Waals surface area contributed by atoms with Crippen LogP contribution in [0.4, 0.5) is 0 Å². The number of thioether (sulfide) groups is 1. The van der Waals surface area contributed by atoms with E-state index in [1.165, 1.54) is 0 Å². The molecule has 0 N–H and O–H groups in total. The molecule has 1 aromatic carbocycles. The predicted molar refractivity (Wildman–Crippen MR) is 94.5 cm³/mol. The van der Waals surface area contributed by atoms with E-state index >= 15 is 0 Å². The third kappa shape index (κ3) is 3.83. The Balaban J connectivity index is 1.74. The van der Waals surface area contributed by atoms with Crippen molar-refractivity contribution in [3.63, 3.8) is 0 Å². The summed E-state index contributed by atoms with van der Waals surface area (Å²) in [6, 6.07) is 11.8. The Kier molecular flexibility index (Phi) is 5.15. The highest BCUT2D eigenvalue weighted by Crippen LogP contribution is 2.34. The van der Waals surface area contributed by atoms with Crippen LogP contribution in [0.25, 0.3) is 10.6 Å². The van der Waals surface area contributed by atoms with E-state index in [1.807, 2.05) is 36.4 Å². The normalized spacial score (nSPS) is 10.5. The van der Waals surface area contributed by atoms with Gasteiger partial charge in [-0.1, -0.05) is 6.07 Å². The van der Waals surface area contributed by atoms with Gasteiger partial charge in [0.1, 0.15) is 5.01 Å². The molecular weight excluding hydrogens is 328 g/mol. The minimum Gasteiger partial charge on any atom is -0.493 e. The second kappa shape index (κ2) is 7.48. The first-order chi connectivity index (χ1) is 11.3. The molecule has 0 aliphatic heterocycles. The van der Waals surface area contributed by atoms with Gasteiger partial charge in [0.25, 0.3) is 0 Å². The van der Waals surface area contributed by atoms with Crippen molar-refractivity contribution in [1.29, 1.82) is 0 Å². The number of hydrogen-bond donors (Lipinski definition) is 0. The summed E-state index contributed by atoms with van der Waals surface area (Å²) in [6.45, 7) is 0. The van der Waals surface area contributed by atoms with E-state index in [0.717, 1.165) is 32.8 Å². The molecule has 0 aliphatic carbocycles. The van der Waals surface area contributed by atoms with E-state index in [4.69, 9.17) is 14.5 Å². The van der Waals surface area contributed by atoms with Crippen LogP contribution in [-0.4, -0.2) is 24.2 Å². The molecule has 2 aromatic heterocycles. The standard InChI is InChI=1S/C17H16N2O2S2/c1-20-14-7-6-12(9-15(14)21-2)17-19-13(11-23-17)10-22-16-5-3-4-8-18-16/h3-9,11H,10H2,1-2H3. The first kappa shape index (κ1) is 15.8. The van der Waals surface area contributed by atoms with Crippen molar-refractivity contribution in [2.45, 2.75) is 10.8 Å². The number of rotatable bonds is 6.